The molecule has 0 saturated carbocycles. The molecule has 0 aliphatic rings. The van der Waals surface area contributed by atoms with Gasteiger partial charge in [-0.3, -0.25) is 9.97 Å². The topological polar surface area (TPSA) is 99.1 Å². The van der Waals surface area contributed by atoms with Crippen LogP contribution in [0.5, 0.6) is 11.6 Å². The van der Waals surface area contributed by atoms with Crippen LogP contribution in [0.15, 0.2) is 67.0 Å². The predicted octanol–water partition coefficient (Wildman–Crippen LogP) is 3.98. The number of benzene rings is 1. The van der Waals surface area contributed by atoms with Crippen molar-refractivity contribution in [3.05, 3.63) is 77.6 Å². The molecule has 3 aromatic heterocycles. The van der Waals surface area contributed by atoms with E-state index in [1.807, 2.05) is 36.4 Å². The quantitative estimate of drug-likeness (QED) is 0.488. The van der Waals surface area contributed by atoms with Crippen LogP contribution in [-0.4, -0.2) is 31.4 Å². The zero-order chi connectivity index (χ0) is 21.1. The average Bonchev–Trinajstić information content (AvgIpc) is 3.14. The van der Waals surface area contributed by atoms with Crippen molar-refractivity contribution in [2.24, 2.45) is 12.8 Å². The number of rotatable bonds is 6. The van der Waals surface area contributed by atoms with E-state index in [1.165, 1.54) is 0 Å². The van der Waals surface area contributed by atoms with E-state index in [0.29, 0.717) is 33.6 Å². The maximum absolute atomic E-state index is 9.88. The maximum atomic E-state index is 9.88. The highest BCUT2D eigenvalue weighted by molar-refractivity contribution is 6.30. The summed E-state index contributed by atoms with van der Waals surface area (Å²) < 4.78 is 7.80. The lowest BCUT2D eigenvalue weighted by atomic mass is 10.1. The van der Waals surface area contributed by atoms with Crippen molar-refractivity contribution >= 4 is 11.6 Å². The molecule has 0 saturated heterocycles. The SMILES string of the molecule is Cn1nc(-c2ccccn2)cc1Oc1cc(Cl)ccc1-c1ccc(C(O)CN)cn1. The second-order valence-electron chi connectivity index (χ2n) is 6.68. The number of aromatic nitrogens is 4. The number of hydrogen-bond acceptors (Lipinski definition) is 6. The number of ether oxygens (including phenoxy) is 1. The van der Waals surface area contributed by atoms with Gasteiger partial charge in [-0.2, -0.15) is 5.10 Å². The van der Waals surface area contributed by atoms with Gasteiger partial charge in [0.25, 0.3) is 0 Å². The summed E-state index contributed by atoms with van der Waals surface area (Å²) in [6.07, 6.45) is 2.58. The highest BCUT2D eigenvalue weighted by Gasteiger charge is 2.15. The molecule has 0 aliphatic carbocycles. The first kappa shape index (κ1) is 20.0. The van der Waals surface area contributed by atoms with Crippen LogP contribution in [0, 0.1) is 0 Å². The number of hydrogen-bond donors (Lipinski definition) is 2. The molecule has 0 fully saturated rings. The third-order valence-corrected chi connectivity index (χ3v) is 4.83. The number of aliphatic hydroxyl groups is 1. The minimum Gasteiger partial charge on any atom is -0.439 e. The molecule has 0 radical (unpaired) electrons. The summed E-state index contributed by atoms with van der Waals surface area (Å²) in [7, 11) is 1.80. The third kappa shape index (κ3) is 4.18. The number of pyridine rings is 2. The van der Waals surface area contributed by atoms with Crippen LogP contribution in [0.25, 0.3) is 22.6 Å². The fraction of sp³-hybridized carbons (Fsp3) is 0.136. The lowest BCUT2D eigenvalue weighted by molar-refractivity contribution is 0.186. The van der Waals surface area contributed by atoms with E-state index in [2.05, 4.69) is 15.1 Å². The second kappa shape index (κ2) is 8.62. The van der Waals surface area contributed by atoms with Gasteiger partial charge in [-0.25, -0.2) is 4.68 Å². The van der Waals surface area contributed by atoms with E-state index >= 15 is 0 Å². The Morgan fingerprint density at radius 3 is 2.63 bits per heavy atom. The van der Waals surface area contributed by atoms with Crippen LogP contribution in [0.4, 0.5) is 0 Å². The number of nitrogens with two attached hydrogens (primary N) is 1. The molecular formula is C22H20ClN5O2. The van der Waals surface area contributed by atoms with E-state index < -0.39 is 6.10 Å². The first-order chi connectivity index (χ1) is 14.5. The number of aryl methyl sites for hydroxylation is 1. The van der Waals surface area contributed by atoms with Crippen molar-refractivity contribution < 1.29 is 9.84 Å². The summed E-state index contributed by atoms with van der Waals surface area (Å²) in [5, 5.41) is 14.9. The third-order valence-electron chi connectivity index (χ3n) is 4.59. The van der Waals surface area contributed by atoms with Crippen molar-refractivity contribution in [3.8, 4) is 34.3 Å². The van der Waals surface area contributed by atoms with Crippen LogP contribution in [0.3, 0.4) is 0 Å². The Balaban J connectivity index is 1.67. The molecule has 7 nitrogen and oxygen atoms in total. The van der Waals surface area contributed by atoms with Gasteiger partial charge in [-0.15, -0.1) is 0 Å². The van der Waals surface area contributed by atoms with Gasteiger partial charge in [0, 0.05) is 54.3 Å². The molecule has 0 amide bonds. The lowest BCUT2D eigenvalue weighted by Gasteiger charge is -2.12. The molecule has 0 aliphatic heterocycles. The fourth-order valence-corrected chi connectivity index (χ4v) is 3.15. The maximum Gasteiger partial charge on any atom is 0.218 e. The minimum atomic E-state index is -0.744. The Kier molecular flexibility index (Phi) is 5.76. The molecule has 1 aromatic carbocycles. The van der Waals surface area contributed by atoms with Crippen molar-refractivity contribution in [1.82, 2.24) is 19.7 Å². The largest absolute Gasteiger partial charge is 0.439 e. The van der Waals surface area contributed by atoms with Gasteiger partial charge < -0.3 is 15.6 Å². The number of nitrogens with zero attached hydrogens (tertiary/aromatic N) is 4. The van der Waals surface area contributed by atoms with E-state index in [-0.39, 0.29) is 6.54 Å². The smallest absolute Gasteiger partial charge is 0.218 e. The predicted molar refractivity (Wildman–Crippen MR) is 115 cm³/mol. The van der Waals surface area contributed by atoms with Crippen LogP contribution in [0.2, 0.25) is 5.02 Å². The van der Waals surface area contributed by atoms with E-state index in [4.69, 9.17) is 22.1 Å². The summed E-state index contributed by atoms with van der Waals surface area (Å²) in [5.41, 5.74) is 9.07. The van der Waals surface area contributed by atoms with Crippen molar-refractivity contribution in [1.29, 1.82) is 0 Å². The zero-order valence-electron chi connectivity index (χ0n) is 16.2. The Hall–Kier alpha value is -3.26. The van der Waals surface area contributed by atoms with Gasteiger partial charge >= 0.3 is 0 Å². The normalized spacial score (nSPS) is 12.0. The molecule has 152 valence electrons. The molecule has 3 N–H and O–H groups in total. The molecule has 0 spiro atoms. The first-order valence-corrected chi connectivity index (χ1v) is 9.70. The van der Waals surface area contributed by atoms with Crippen molar-refractivity contribution in [3.63, 3.8) is 0 Å². The summed E-state index contributed by atoms with van der Waals surface area (Å²) >= 11 is 6.22. The molecule has 3 heterocycles. The fourth-order valence-electron chi connectivity index (χ4n) is 2.99. The van der Waals surface area contributed by atoms with Crippen molar-refractivity contribution in [2.75, 3.05) is 6.54 Å². The van der Waals surface area contributed by atoms with Crippen LogP contribution >= 0.6 is 11.6 Å². The van der Waals surface area contributed by atoms with Gasteiger partial charge in [-0.05, 0) is 30.3 Å². The summed E-state index contributed by atoms with van der Waals surface area (Å²) in [6.45, 7) is 0.134. The molecule has 1 unspecified atom stereocenters. The van der Waals surface area contributed by atoms with Crippen LogP contribution < -0.4 is 10.5 Å². The standard InChI is InChI=1S/C22H20ClN5O2/c1-28-22(11-19(27-28)18-4-2-3-9-25-18)30-21-10-15(23)6-7-16(21)17-8-5-14(13-26-17)20(29)12-24/h2-11,13,20,29H,12,24H2,1H3. The summed E-state index contributed by atoms with van der Waals surface area (Å²) in [5.74, 6) is 1.08. The van der Waals surface area contributed by atoms with E-state index in [1.54, 1.807) is 42.3 Å². The van der Waals surface area contributed by atoms with E-state index in [0.717, 1.165) is 11.3 Å². The highest BCUT2D eigenvalue weighted by atomic mass is 35.5. The Morgan fingerprint density at radius 2 is 1.93 bits per heavy atom. The van der Waals surface area contributed by atoms with Gasteiger partial charge in [0.15, 0.2) is 0 Å². The summed E-state index contributed by atoms with van der Waals surface area (Å²) in [4.78, 5) is 8.78. The first-order valence-electron chi connectivity index (χ1n) is 9.32. The van der Waals surface area contributed by atoms with Gasteiger partial charge in [0.2, 0.25) is 5.88 Å². The van der Waals surface area contributed by atoms with Crippen LogP contribution in [0.1, 0.15) is 11.7 Å². The Labute approximate surface area is 178 Å². The summed E-state index contributed by atoms with van der Waals surface area (Å²) in [6, 6.07) is 16.4. The number of halogens is 1. The highest BCUT2D eigenvalue weighted by Crippen LogP contribution is 2.35. The van der Waals surface area contributed by atoms with Gasteiger partial charge in [0.1, 0.15) is 11.4 Å². The van der Waals surface area contributed by atoms with Gasteiger partial charge in [-0.1, -0.05) is 23.7 Å². The Bertz CT molecular complexity index is 1150. The molecular weight excluding hydrogens is 402 g/mol. The average molecular weight is 422 g/mol. The second-order valence-corrected chi connectivity index (χ2v) is 7.11. The van der Waals surface area contributed by atoms with Gasteiger partial charge in [0.05, 0.1) is 17.5 Å². The molecule has 1 atom stereocenters. The molecule has 8 heteroatoms. The lowest BCUT2D eigenvalue weighted by Crippen LogP contribution is -2.11. The minimum absolute atomic E-state index is 0.134. The molecule has 4 rings (SSSR count). The zero-order valence-corrected chi connectivity index (χ0v) is 17.0. The number of aliphatic hydroxyl groups excluding tert-OH is 1. The van der Waals surface area contributed by atoms with Crippen molar-refractivity contribution in [2.45, 2.75) is 6.10 Å². The Morgan fingerprint density at radius 1 is 1.07 bits per heavy atom. The molecule has 4 aromatic rings. The monoisotopic (exact) mass is 421 g/mol. The molecule has 30 heavy (non-hydrogen) atoms. The molecule has 0 bridgehead atoms. The van der Waals surface area contributed by atoms with Crippen LogP contribution in [-0.2, 0) is 7.05 Å². The van der Waals surface area contributed by atoms with E-state index in [9.17, 15) is 5.11 Å².